The number of benzene rings is 2. The van der Waals surface area contributed by atoms with Gasteiger partial charge >= 0.3 is 5.69 Å². The number of aryl methyl sites for hydroxylation is 1. The summed E-state index contributed by atoms with van der Waals surface area (Å²) in [5.41, 5.74) is 2.37. The number of nitrogens with zero attached hydrogens (tertiary/aromatic N) is 1. The van der Waals surface area contributed by atoms with Crippen LogP contribution in [-0.4, -0.2) is 22.6 Å². The van der Waals surface area contributed by atoms with Crippen LogP contribution in [0.1, 0.15) is 5.56 Å². The molecule has 124 valence electrons. The Kier molecular flexibility index (Phi) is 4.31. The van der Waals surface area contributed by atoms with Crippen LogP contribution in [-0.2, 0) is 11.3 Å². The maximum atomic E-state index is 12.4. The fourth-order valence-corrected chi connectivity index (χ4v) is 2.68. The Balaban J connectivity index is 1.87. The fourth-order valence-electron chi connectivity index (χ4n) is 2.53. The SMILES string of the molecule is COc1cc(Cl)c(C)cc1NC(=O)Cn1c(=O)[nH]c2ccccc21. The van der Waals surface area contributed by atoms with Crippen LogP contribution < -0.4 is 15.7 Å². The van der Waals surface area contributed by atoms with Crippen LogP contribution in [0.4, 0.5) is 5.69 Å². The second-order valence-corrected chi connectivity index (χ2v) is 5.79. The van der Waals surface area contributed by atoms with Crippen molar-refractivity contribution in [2.75, 3.05) is 12.4 Å². The van der Waals surface area contributed by atoms with Gasteiger partial charge in [0.1, 0.15) is 12.3 Å². The van der Waals surface area contributed by atoms with Gasteiger partial charge in [-0.25, -0.2) is 4.79 Å². The number of methoxy groups -OCH3 is 1. The highest BCUT2D eigenvalue weighted by Crippen LogP contribution is 2.30. The zero-order valence-electron chi connectivity index (χ0n) is 13.2. The molecule has 0 aliphatic rings. The minimum absolute atomic E-state index is 0.103. The second kappa shape index (κ2) is 6.41. The Morgan fingerprint density at radius 1 is 1.33 bits per heavy atom. The van der Waals surface area contributed by atoms with Gasteiger partial charge in [-0.1, -0.05) is 23.7 Å². The summed E-state index contributed by atoms with van der Waals surface area (Å²) in [6, 6.07) is 10.6. The van der Waals surface area contributed by atoms with Crippen molar-refractivity contribution in [2.45, 2.75) is 13.5 Å². The normalized spacial score (nSPS) is 10.8. The van der Waals surface area contributed by atoms with Crippen LogP contribution in [0.15, 0.2) is 41.2 Å². The predicted molar refractivity (Wildman–Crippen MR) is 93.9 cm³/mol. The highest BCUT2D eigenvalue weighted by atomic mass is 35.5. The molecule has 7 heteroatoms. The molecule has 3 aromatic rings. The number of para-hydroxylation sites is 2. The average molecular weight is 346 g/mol. The summed E-state index contributed by atoms with van der Waals surface area (Å²) in [5.74, 6) is 0.132. The van der Waals surface area contributed by atoms with Gasteiger partial charge < -0.3 is 15.0 Å². The largest absolute Gasteiger partial charge is 0.495 e. The first-order valence-corrected chi connectivity index (χ1v) is 7.69. The van der Waals surface area contributed by atoms with Crippen LogP contribution in [0.5, 0.6) is 5.75 Å². The Morgan fingerprint density at radius 2 is 2.08 bits per heavy atom. The van der Waals surface area contributed by atoms with Crippen molar-refractivity contribution in [2.24, 2.45) is 0 Å². The van der Waals surface area contributed by atoms with E-state index in [0.29, 0.717) is 27.5 Å². The molecule has 0 aliphatic carbocycles. The summed E-state index contributed by atoms with van der Waals surface area (Å²) in [6.45, 7) is 1.73. The molecular formula is C17H16ClN3O3. The maximum Gasteiger partial charge on any atom is 0.326 e. The van der Waals surface area contributed by atoms with Crippen LogP contribution >= 0.6 is 11.6 Å². The minimum atomic E-state index is -0.332. The molecule has 0 unspecified atom stereocenters. The number of anilines is 1. The molecule has 0 fully saturated rings. The first kappa shape index (κ1) is 16.1. The standard InChI is InChI=1S/C17H16ClN3O3/c1-10-7-13(15(24-2)8-11(10)18)19-16(22)9-21-14-6-4-3-5-12(14)20-17(21)23/h3-8H,9H2,1-2H3,(H,19,22)(H,20,23). The van der Waals surface area contributed by atoms with E-state index in [-0.39, 0.29) is 18.1 Å². The van der Waals surface area contributed by atoms with E-state index in [2.05, 4.69) is 10.3 Å². The van der Waals surface area contributed by atoms with E-state index < -0.39 is 0 Å². The molecule has 0 saturated carbocycles. The Morgan fingerprint density at radius 3 is 2.83 bits per heavy atom. The first-order chi connectivity index (χ1) is 11.5. The van der Waals surface area contributed by atoms with Crippen molar-refractivity contribution in [3.63, 3.8) is 0 Å². The van der Waals surface area contributed by atoms with E-state index in [4.69, 9.17) is 16.3 Å². The molecule has 2 N–H and O–H groups in total. The number of ether oxygens (including phenoxy) is 1. The number of carbonyl (C=O) groups excluding carboxylic acids is 1. The summed E-state index contributed by atoms with van der Waals surface area (Å²) in [6.07, 6.45) is 0. The van der Waals surface area contributed by atoms with Crippen molar-refractivity contribution in [3.8, 4) is 5.75 Å². The third-order valence-corrected chi connectivity index (χ3v) is 4.15. The van der Waals surface area contributed by atoms with Crippen LogP contribution in [0.2, 0.25) is 5.02 Å². The zero-order chi connectivity index (χ0) is 17.3. The summed E-state index contributed by atoms with van der Waals surface area (Å²) in [7, 11) is 1.50. The van der Waals surface area contributed by atoms with Gasteiger partial charge in [0.15, 0.2) is 0 Å². The maximum absolute atomic E-state index is 12.4. The molecule has 3 rings (SSSR count). The van der Waals surface area contributed by atoms with Gasteiger partial charge in [-0.05, 0) is 30.7 Å². The monoisotopic (exact) mass is 345 g/mol. The van der Waals surface area contributed by atoms with Crippen LogP contribution in [0.3, 0.4) is 0 Å². The number of amides is 1. The lowest BCUT2D eigenvalue weighted by molar-refractivity contribution is -0.116. The highest BCUT2D eigenvalue weighted by molar-refractivity contribution is 6.31. The average Bonchev–Trinajstić information content (AvgIpc) is 2.86. The molecular weight excluding hydrogens is 330 g/mol. The van der Waals surface area contributed by atoms with Crippen LogP contribution in [0, 0.1) is 6.92 Å². The quantitative estimate of drug-likeness (QED) is 0.763. The molecule has 0 atom stereocenters. The number of aromatic nitrogens is 2. The summed E-state index contributed by atoms with van der Waals surface area (Å²) in [5, 5.41) is 3.32. The molecule has 1 amide bonds. The number of nitrogens with one attached hydrogen (secondary N) is 2. The molecule has 0 saturated heterocycles. The van der Waals surface area contributed by atoms with Crippen LogP contribution in [0.25, 0.3) is 11.0 Å². The van der Waals surface area contributed by atoms with E-state index in [0.717, 1.165) is 5.56 Å². The van der Waals surface area contributed by atoms with Gasteiger partial charge in [0, 0.05) is 11.1 Å². The predicted octanol–water partition coefficient (Wildman–Crippen LogP) is 2.94. The smallest absolute Gasteiger partial charge is 0.326 e. The molecule has 1 heterocycles. The van der Waals surface area contributed by atoms with Crippen molar-refractivity contribution in [1.29, 1.82) is 0 Å². The summed E-state index contributed by atoms with van der Waals surface area (Å²) >= 11 is 6.06. The van der Waals surface area contributed by atoms with Crippen molar-refractivity contribution in [1.82, 2.24) is 9.55 Å². The van der Waals surface area contributed by atoms with Gasteiger partial charge in [0.2, 0.25) is 5.91 Å². The third-order valence-electron chi connectivity index (χ3n) is 3.74. The lowest BCUT2D eigenvalue weighted by Crippen LogP contribution is -2.26. The summed E-state index contributed by atoms with van der Waals surface area (Å²) < 4.78 is 6.63. The number of hydrogen-bond donors (Lipinski definition) is 2. The topological polar surface area (TPSA) is 76.1 Å². The highest BCUT2D eigenvalue weighted by Gasteiger charge is 2.13. The minimum Gasteiger partial charge on any atom is -0.495 e. The number of halogens is 1. The molecule has 0 aliphatic heterocycles. The number of carbonyl (C=O) groups is 1. The van der Waals surface area contributed by atoms with Gasteiger partial charge in [-0.15, -0.1) is 0 Å². The van der Waals surface area contributed by atoms with E-state index >= 15 is 0 Å². The number of hydrogen-bond acceptors (Lipinski definition) is 3. The number of fused-ring (bicyclic) bond motifs is 1. The van der Waals surface area contributed by atoms with E-state index in [1.54, 1.807) is 24.3 Å². The lowest BCUT2D eigenvalue weighted by Gasteiger charge is -2.12. The van der Waals surface area contributed by atoms with Crippen molar-refractivity contribution in [3.05, 3.63) is 57.5 Å². The van der Waals surface area contributed by atoms with Crippen molar-refractivity contribution < 1.29 is 9.53 Å². The third kappa shape index (κ3) is 3.00. The second-order valence-electron chi connectivity index (χ2n) is 5.38. The van der Waals surface area contributed by atoms with Gasteiger partial charge in [0.05, 0.1) is 23.8 Å². The molecule has 0 bridgehead atoms. The zero-order valence-corrected chi connectivity index (χ0v) is 14.0. The van der Waals surface area contributed by atoms with E-state index in [9.17, 15) is 9.59 Å². The molecule has 2 aromatic carbocycles. The van der Waals surface area contributed by atoms with Gasteiger partial charge in [-0.3, -0.25) is 9.36 Å². The molecule has 1 aromatic heterocycles. The van der Waals surface area contributed by atoms with Gasteiger partial charge in [-0.2, -0.15) is 0 Å². The Hall–Kier alpha value is -2.73. The first-order valence-electron chi connectivity index (χ1n) is 7.31. The Bertz CT molecular complexity index is 975. The number of H-pyrrole nitrogens is 1. The number of rotatable bonds is 4. The molecule has 0 spiro atoms. The van der Waals surface area contributed by atoms with Crippen molar-refractivity contribution >= 4 is 34.2 Å². The number of aromatic amines is 1. The Labute approximate surface area is 143 Å². The van der Waals surface area contributed by atoms with E-state index in [1.807, 2.05) is 19.1 Å². The summed E-state index contributed by atoms with van der Waals surface area (Å²) in [4.78, 5) is 27.1. The van der Waals surface area contributed by atoms with E-state index in [1.165, 1.54) is 11.7 Å². The number of imidazole rings is 1. The van der Waals surface area contributed by atoms with Gasteiger partial charge in [0.25, 0.3) is 0 Å². The fraction of sp³-hybridized carbons (Fsp3) is 0.176. The lowest BCUT2D eigenvalue weighted by atomic mass is 10.2. The molecule has 6 nitrogen and oxygen atoms in total. The molecule has 24 heavy (non-hydrogen) atoms. The molecule has 0 radical (unpaired) electrons.